The number of nitrogens with one attached hydrogen (secondary N) is 1. The Morgan fingerprint density at radius 3 is 2.58 bits per heavy atom. The molecule has 1 fully saturated rings. The zero-order chi connectivity index (χ0) is 17.8. The van der Waals surface area contributed by atoms with E-state index in [1.165, 1.54) is 19.3 Å². The van der Waals surface area contributed by atoms with Crippen LogP contribution in [0, 0.1) is 0 Å². The van der Waals surface area contributed by atoms with Crippen LogP contribution in [0.15, 0.2) is 65.3 Å². The minimum atomic E-state index is -0.0377. The highest BCUT2D eigenvalue weighted by atomic mass is 16.3. The fourth-order valence-electron chi connectivity index (χ4n) is 3.74. The highest BCUT2D eigenvalue weighted by molar-refractivity contribution is 5.98. The van der Waals surface area contributed by atoms with Crippen molar-refractivity contribution in [1.82, 2.24) is 10.2 Å². The topological polar surface area (TPSA) is 45.5 Å². The van der Waals surface area contributed by atoms with E-state index in [0.29, 0.717) is 12.1 Å². The second-order valence-corrected chi connectivity index (χ2v) is 6.90. The van der Waals surface area contributed by atoms with Gasteiger partial charge in [0.2, 0.25) is 0 Å². The Morgan fingerprint density at radius 2 is 1.81 bits per heavy atom. The summed E-state index contributed by atoms with van der Waals surface area (Å²) < 4.78 is 5.65. The number of likely N-dealkylation sites (tertiary alicyclic amines) is 1. The summed E-state index contributed by atoms with van der Waals surface area (Å²) in [6, 6.07) is 17.9. The number of fused-ring (bicyclic) bond motifs is 1. The van der Waals surface area contributed by atoms with Crippen LogP contribution in [0.25, 0.3) is 10.8 Å². The highest BCUT2D eigenvalue weighted by Crippen LogP contribution is 2.24. The van der Waals surface area contributed by atoms with Crippen molar-refractivity contribution in [3.05, 3.63) is 72.2 Å². The number of nitrogens with zero attached hydrogens (tertiary/aromatic N) is 1. The predicted molar refractivity (Wildman–Crippen MR) is 103 cm³/mol. The van der Waals surface area contributed by atoms with Crippen molar-refractivity contribution in [2.75, 3.05) is 19.6 Å². The molecule has 134 valence electrons. The van der Waals surface area contributed by atoms with Crippen LogP contribution >= 0.6 is 0 Å². The SMILES string of the molecule is O=C(NC[C@H](c1ccco1)N1CCCCC1)c1ccc2ccccc2c1. The largest absolute Gasteiger partial charge is 0.468 e. The van der Waals surface area contributed by atoms with Gasteiger partial charge in [0.15, 0.2) is 0 Å². The molecular weight excluding hydrogens is 324 g/mol. The van der Waals surface area contributed by atoms with Crippen molar-refractivity contribution in [1.29, 1.82) is 0 Å². The first-order valence-electron chi connectivity index (χ1n) is 9.36. The van der Waals surface area contributed by atoms with E-state index in [0.717, 1.165) is 29.6 Å². The van der Waals surface area contributed by atoms with Crippen LogP contribution < -0.4 is 5.32 Å². The maximum atomic E-state index is 12.7. The molecule has 4 rings (SSSR count). The Kier molecular flexibility index (Phi) is 5.02. The van der Waals surface area contributed by atoms with Gasteiger partial charge in [0.25, 0.3) is 5.91 Å². The molecule has 0 unspecified atom stereocenters. The van der Waals surface area contributed by atoms with Crippen LogP contribution in [0.1, 0.15) is 41.4 Å². The highest BCUT2D eigenvalue weighted by Gasteiger charge is 2.25. The predicted octanol–water partition coefficient (Wildman–Crippen LogP) is 4.39. The molecule has 2 heterocycles. The third-order valence-corrected chi connectivity index (χ3v) is 5.17. The summed E-state index contributed by atoms with van der Waals surface area (Å²) in [5.41, 5.74) is 0.695. The van der Waals surface area contributed by atoms with Gasteiger partial charge in [-0.1, -0.05) is 36.8 Å². The van der Waals surface area contributed by atoms with Gasteiger partial charge in [-0.15, -0.1) is 0 Å². The molecule has 1 saturated heterocycles. The summed E-state index contributed by atoms with van der Waals surface area (Å²) >= 11 is 0. The van der Waals surface area contributed by atoms with Crippen molar-refractivity contribution in [2.45, 2.75) is 25.3 Å². The van der Waals surface area contributed by atoms with Gasteiger partial charge in [0.1, 0.15) is 5.76 Å². The lowest BCUT2D eigenvalue weighted by atomic mass is 10.1. The summed E-state index contributed by atoms with van der Waals surface area (Å²) in [7, 11) is 0. The van der Waals surface area contributed by atoms with Gasteiger partial charge in [-0.25, -0.2) is 0 Å². The van der Waals surface area contributed by atoms with Crippen molar-refractivity contribution in [3.63, 3.8) is 0 Å². The van der Waals surface area contributed by atoms with Gasteiger partial charge in [-0.05, 0) is 61.0 Å². The maximum Gasteiger partial charge on any atom is 0.251 e. The smallest absolute Gasteiger partial charge is 0.251 e. The van der Waals surface area contributed by atoms with Gasteiger partial charge in [0, 0.05) is 12.1 Å². The Balaban J connectivity index is 1.48. The summed E-state index contributed by atoms with van der Waals surface area (Å²) in [5, 5.41) is 5.34. The van der Waals surface area contributed by atoms with Crippen LogP contribution in [0.4, 0.5) is 0 Å². The van der Waals surface area contributed by atoms with Crippen molar-refractivity contribution in [3.8, 4) is 0 Å². The number of furan rings is 1. The van der Waals surface area contributed by atoms with Gasteiger partial charge in [-0.2, -0.15) is 0 Å². The number of benzene rings is 2. The molecule has 4 nitrogen and oxygen atoms in total. The third kappa shape index (κ3) is 3.65. The molecule has 3 aromatic rings. The van der Waals surface area contributed by atoms with Gasteiger partial charge >= 0.3 is 0 Å². The van der Waals surface area contributed by atoms with E-state index >= 15 is 0 Å². The molecule has 1 aliphatic heterocycles. The molecule has 1 aromatic heterocycles. The first-order chi connectivity index (χ1) is 12.8. The van der Waals surface area contributed by atoms with Gasteiger partial charge in [-0.3, -0.25) is 9.69 Å². The lowest BCUT2D eigenvalue weighted by Gasteiger charge is -2.33. The van der Waals surface area contributed by atoms with Crippen LogP contribution in [0.2, 0.25) is 0 Å². The minimum Gasteiger partial charge on any atom is -0.468 e. The molecule has 0 radical (unpaired) electrons. The third-order valence-electron chi connectivity index (χ3n) is 5.17. The first-order valence-corrected chi connectivity index (χ1v) is 9.36. The van der Waals surface area contributed by atoms with Gasteiger partial charge < -0.3 is 9.73 Å². The zero-order valence-electron chi connectivity index (χ0n) is 14.9. The van der Waals surface area contributed by atoms with E-state index in [1.807, 2.05) is 48.5 Å². The average Bonchev–Trinajstić information content (AvgIpc) is 3.23. The molecule has 1 aliphatic rings. The van der Waals surface area contributed by atoms with E-state index in [4.69, 9.17) is 4.42 Å². The Morgan fingerprint density at radius 1 is 1.00 bits per heavy atom. The number of hydrogen-bond donors (Lipinski definition) is 1. The fraction of sp³-hybridized carbons (Fsp3) is 0.318. The Hall–Kier alpha value is -2.59. The molecule has 0 aliphatic carbocycles. The minimum absolute atomic E-state index is 0.0377. The van der Waals surface area contributed by atoms with Crippen molar-refractivity contribution < 1.29 is 9.21 Å². The van der Waals surface area contributed by atoms with Crippen LogP contribution in [0.3, 0.4) is 0 Å². The monoisotopic (exact) mass is 348 g/mol. The van der Waals surface area contributed by atoms with Crippen LogP contribution in [-0.2, 0) is 0 Å². The molecule has 2 aromatic carbocycles. The standard InChI is InChI=1S/C22H24N2O2/c25-22(19-11-10-17-7-2-3-8-18(17)15-19)23-16-20(21-9-6-14-26-21)24-12-4-1-5-13-24/h2-3,6-11,14-15,20H,1,4-5,12-13,16H2,(H,23,25)/t20-/m1/s1. The quantitative estimate of drug-likeness (QED) is 0.744. The normalized spacial score (nSPS) is 16.5. The summed E-state index contributed by atoms with van der Waals surface area (Å²) in [4.78, 5) is 15.1. The molecule has 1 amide bonds. The molecule has 1 N–H and O–H groups in total. The number of piperidine rings is 1. The summed E-state index contributed by atoms with van der Waals surface area (Å²) in [6.45, 7) is 2.66. The number of rotatable bonds is 5. The maximum absolute atomic E-state index is 12.7. The zero-order valence-corrected chi connectivity index (χ0v) is 14.9. The molecule has 0 bridgehead atoms. The van der Waals surface area contributed by atoms with E-state index in [2.05, 4.69) is 16.3 Å². The second-order valence-electron chi connectivity index (χ2n) is 6.90. The summed E-state index contributed by atoms with van der Waals surface area (Å²) in [5.74, 6) is 0.884. The molecule has 1 atom stereocenters. The lowest BCUT2D eigenvalue weighted by Crippen LogP contribution is -2.40. The molecule has 4 heteroatoms. The Bertz CT molecular complexity index is 867. The fourth-order valence-corrected chi connectivity index (χ4v) is 3.74. The molecule has 26 heavy (non-hydrogen) atoms. The van der Waals surface area contributed by atoms with Gasteiger partial charge in [0.05, 0.1) is 12.3 Å². The van der Waals surface area contributed by atoms with Crippen molar-refractivity contribution >= 4 is 16.7 Å². The van der Waals surface area contributed by atoms with E-state index < -0.39 is 0 Å². The number of carbonyl (C=O) groups excluding carboxylic acids is 1. The van der Waals surface area contributed by atoms with E-state index in [1.54, 1.807) is 6.26 Å². The second kappa shape index (κ2) is 7.75. The number of carbonyl (C=O) groups is 1. The summed E-state index contributed by atoms with van der Waals surface area (Å²) in [6.07, 6.45) is 5.40. The van der Waals surface area contributed by atoms with E-state index in [9.17, 15) is 4.79 Å². The number of hydrogen-bond acceptors (Lipinski definition) is 3. The van der Waals surface area contributed by atoms with Crippen molar-refractivity contribution in [2.24, 2.45) is 0 Å². The average molecular weight is 348 g/mol. The molecular formula is C22H24N2O2. The number of amides is 1. The van der Waals surface area contributed by atoms with E-state index in [-0.39, 0.29) is 11.9 Å². The first kappa shape index (κ1) is 16.9. The van der Waals surface area contributed by atoms with Crippen LogP contribution in [-0.4, -0.2) is 30.4 Å². The Labute approximate surface area is 153 Å². The molecule has 0 spiro atoms. The van der Waals surface area contributed by atoms with Crippen LogP contribution in [0.5, 0.6) is 0 Å². The molecule has 0 saturated carbocycles. The lowest BCUT2D eigenvalue weighted by molar-refractivity contribution is 0.0914.